The highest BCUT2D eigenvalue weighted by Crippen LogP contribution is 2.29. The van der Waals surface area contributed by atoms with E-state index in [0.717, 1.165) is 5.13 Å². The van der Waals surface area contributed by atoms with Crippen molar-refractivity contribution in [2.24, 2.45) is 5.73 Å². The van der Waals surface area contributed by atoms with E-state index in [4.69, 9.17) is 15.2 Å². The number of hydrogen-bond acceptors (Lipinski definition) is 9. The van der Waals surface area contributed by atoms with Gasteiger partial charge in [0.2, 0.25) is 11.0 Å². The van der Waals surface area contributed by atoms with Crippen molar-refractivity contribution in [2.75, 3.05) is 51.1 Å². The number of nitrogens with zero attached hydrogens (tertiary/aromatic N) is 4. The molecule has 1 fully saturated rings. The van der Waals surface area contributed by atoms with Crippen LogP contribution in [0.2, 0.25) is 0 Å². The quantitative estimate of drug-likeness (QED) is 0.659. The third-order valence-electron chi connectivity index (χ3n) is 4.21. The second kappa shape index (κ2) is 9.11. The van der Waals surface area contributed by atoms with Gasteiger partial charge in [-0.25, -0.2) is 0 Å². The molecule has 1 saturated heterocycles. The van der Waals surface area contributed by atoms with E-state index in [1.165, 1.54) is 30.2 Å². The van der Waals surface area contributed by atoms with E-state index < -0.39 is 0 Å². The van der Waals surface area contributed by atoms with Crippen molar-refractivity contribution >= 4 is 40.0 Å². The predicted molar refractivity (Wildman–Crippen MR) is 107 cm³/mol. The van der Waals surface area contributed by atoms with E-state index >= 15 is 0 Å². The van der Waals surface area contributed by atoms with Gasteiger partial charge in [-0.15, -0.1) is 10.2 Å². The first-order valence-corrected chi connectivity index (χ1v) is 10.3. The van der Waals surface area contributed by atoms with Gasteiger partial charge in [0.05, 0.1) is 25.5 Å². The maximum absolute atomic E-state index is 12.9. The summed E-state index contributed by atoms with van der Waals surface area (Å²) in [7, 11) is 3.10. The zero-order valence-electron chi connectivity index (χ0n) is 15.6. The van der Waals surface area contributed by atoms with Crippen molar-refractivity contribution in [2.45, 2.75) is 4.34 Å². The van der Waals surface area contributed by atoms with Crippen molar-refractivity contribution in [3.05, 3.63) is 23.8 Å². The SMILES string of the molecule is COc1ccc(C(=O)N2CCN(c3nnc(SCC(N)=O)s3)CC2)c(OC)c1. The topological polar surface area (TPSA) is 111 Å². The minimum Gasteiger partial charge on any atom is -0.497 e. The number of benzene rings is 1. The minimum absolute atomic E-state index is 0.0749. The van der Waals surface area contributed by atoms with Crippen LogP contribution in [0.5, 0.6) is 11.5 Å². The summed E-state index contributed by atoms with van der Waals surface area (Å²) in [6, 6.07) is 5.17. The Morgan fingerprint density at radius 1 is 1.18 bits per heavy atom. The van der Waals surface area contributed by atoms with Gasteiger partial charge in [0, 0.05) is 32.2 Å². The number of piperazine rings is 1. The van der Waals surface area contributed by atoms with E-state index in [-0.39, 0.29) is 17.6 Å². The molecule has 150 valence electrons. The first kappa shape index (κ1) is 20.2. The van der Waals surface area contributed by atoms with Gasteiger partial charge >= 0.3 is 0 Å². The van der Waals surface area contributed by atoms with Crippen molar-refractivity contribution in [3.63, 3.8) is 0 Å². The van der Waals surface area contributed by atoms with Gasteiger partial charge in [-0.2, -0.15) is 0 Å². The second-order valence-corrected chi connectivity index (χ2v) is 8.13. The molecule has 0 atom stereocenters. The molecule has 2 aromatic rings. The van der Waals surface area contributed by atoms with Crippen LogP contribution < -0.4 is 20.1 Å². The highest BCUT2D eigenvalue weighted by atomic mass is 32.2. The summed E-state index contributed by atoms with van der Waals surface area (Å²) in [5.74, 6) is 0.851. The summed E-state index contributed by atoms with van der Waals surface area (Å²) < 4.78 is 11.2. The summed E-state index contributed by atoms with van der Waals surface area (Å²) in [5.41, 5.74) is 5.66. The van der Waals surface area contributed by atoms with Crippen LogP contribution >= 0.6 is 23.1 Å². The number of nitrogens with two attached hydrogens (primary N) is 1. The number of carbonyl (C=O) groups is 2. The van der Waals surface area contributed by atoms with Gasteiger partial charge in [0.25, 0.3) is 5.91 Å². The molecule has 0 radical (unpaired) electrons. The van der Waals surface area contributed by atoms with Crippen LogP contribution in [-0.4, -0.2) is 73.1 Å². The molecule has 0 aliphatic carbocycles. The Bertz CT molecular complexity index is 852. The zero-order valence-corrected chi connectivity index (χ0v) is 17.2. The molecular formula is C17H21N5O4S2. The summed E-state index contributed by atoms with van der Waals surface area (Å²) in [6.45, 7) is 2.44. The lowest BCUT2D eigenvalue weighted by Gasteiger charge is -2.34. The molecule has 28 heavy (non-hydrogen) atoms. The predicted octanol–water partition coefficient (Wildman–Crippen LogP) is 1.10. The van der Waals surface area contributed by atoms with Crippen LogP contribution in [0.4, 0.5) is 5.13 Å². The first-order valence-electron chi connectivity index (χ1n) is 8.52. The van der Waals surface area contributed by atoms with E-state index in [2.05, 4.69) is 15.1 Å². The normalized spacial score (nSPS) is 14.1. The summed E-state index contributed by atoms with van der Waals surface area (Å²) in [4.78, 5) is 27.6. The Balaban J connectivity index is 1.61. The molecule has 11 heteroatoms. The lowest BCUT2D eigenvalue weighted by Crippen LogP contribution is -2.48. The van der Waals surface area contributed by atoms with E-state index in [0.29, 0.717) is 47.6 Å². The van der Waals surface area contributed by atoms with Crippen LogP contribution in [0.15, 0.2) is 22.5 Å². The second-order valence-electron chi connectivity index (χ2n) is 5.95. The molecule has 9 nitrogen and oxygen atoms in total. The maximum atomic E-state index is 12.9. The largest absolute Gasteiger partial charge is 0.497 e. The monoisotopic (exact) mass is 423 g/mol. The summed E-state index contributed by atoms with van der Waals surface area (Å²) >= 11 is 2.70. The first-order chi connectivity index (χ1) is 13.5. The number of primary amides is 1. The van der Waals surface area contributed by atoms with Gasteiger partial charge < -0.3 is 25.0 Å². The van der Waals surface area contributed by atoms with Gasteiger partial charge in [-0.3, -0.25) is 9.59 Å². The molecule has 0 bridgehead atoms. The Kier molecular flexibility index (Phi) is 6.57. The highest BCUT2D eigenvalue weighted by Gasteiger charge is 2.26. The summed E-state index contributed by atoms with van der Waals surface area (Å²) in [6.07, 6.45) is 0. The Hall–Kier alpha value is -2.53. The highest BCUT2D eigenvalue weighted by molar-refractivity contribution is 8.01. The Morgan fingerprint density at radius 2 is 1.93 bits per heavy atom. The Morgan fingerprint density at radius 3 is 2.57 bits per heavy atom. The number of methoxy groups -OCH3 is 2. The molecule has 0 unspecified atom stereocenters. The van der Waals surface area contributed by atoms with Crippen LogP contribution in [0.1, 0.15) is 10.4 Å². The molecule has 1 aromatic carbocycles. The van der Waals surface area contributed by atoms with Gasteiger partial charge in [-0.05, 0) is 12.1 Å². The number of ether oxygens (including phenoxy) is 2. The van der Waals surface area contributed by atoms with Crippen molar-refractivity contribution in [3.8, 4) is 11.5 Å². The minimum atomic E-state index is -0.386. The van der Waals surface area contributed by atoms with E-state index in [9.17, 15) is 9.59 Å². The molecule has 1 aromatic heterocycles. The fourth-order valence-corrected chi connectivity index (χ4v) is 4.40. The molecular weight excluding hydrogens is 402 g/mol. The van der Waals surface area contributed by atoms with Crippen LogP contribution in [0, 0.1) is 0 Å². The van der Waals surface area contributed by atoms with Crippen molar-refractivity contribution in [1.29, 1.82) is 0 Å². The number of amides is 2. The van der Waals surface area contributed by atoms with Crippen LogP contribution in [-0.2, 0) is 4.79 Å². The van der Waals surface area contributed by atoms with Crippen molar-refractivity contribution in [1.82, 2.24) is 15.1 Å². The van der Waals surface area contributed by atoms with Gasteiger partial charge in [0.15, 0.2) is 4.34 Å². The lowest BCUT2D eigenvalue weighted by molar-refractivity contribution is -0.115. The molecule has 2 N–H and O–H groups in total. The number of hydrogen-bond donors (Lipinski definition) is 1. The Labute approximate surface area is 170 Å². The average molecular weight is 424 g/mol. The number of anilines is 1. The fourth-order valence-electron chi connectivity index (χ4n) is 2.77. The van der Waals surface area contributed by atoms with Crippen LogP contribution in [0.25, 0.3) is 0 Å². The van der Waals surface area contributed by atoms with E-state index in [1.807, 2.05) is 0 Å². The lowest BCUT2D eigenvalue weighted by atomic mass is 10.1. The standard InChI is InChI=1S/C17H21N5O4S2/c1-25-11-3-4-12(13(9-11)26-2)15(24)21-5-7-22(8-6-21)16-19-20-17(28-16)27-10-14(18)23/h3-4,9H,5-8,10H2,1-2H3,(H2,18,23). The molecule has 0 saturated carbocycles. The fraction of sp³-hybridized carbons (Fsp3) is 0.412. The molecule has 3 rings (SSSR count). The molecule has 2 amide bonds. The van der Waals surface area contributed by atoms with Gasteiger partial charge in [-0.1, -0.05) is 23.1 Å². The van der Waals surface area contributed by atoms with Gasteiger partial charge in [0.1, 0.15) is 11.5 Å². The van der Waals surface area contributed by atoms with Crippen molar-refractivity contribution < 1.29 is 19.1 Å². The number of aromatic nitrogens is 2. The third kappa shape index (κ3) is 4.65. The smallest absolute Gasteiger partial charge is 0.257 e. The average Bonchev–Trinajstić information content (AvgIpc) is 3.20. The van der Waals surface area contributed by atoms with E-state index in [1.54, 1.807) is 30.2 Å². The maximum Gasteiger partial charge on any atom is 0.257 e. The third-order valence-corrected chi connectivity index (χ3v) is 6.35. The molecule has 1 aliphatic heterocycles. The number of rotatable bonds is 7. The molecule has 2 heterocycles. The van der Waals surface area contributed by atoms with Crippen LogP contribution in [0.3, 0.4) is 0 Å². The molecule has 1 aliphatic rings. The zero-order chi connectivity index (χ0) is 20.1. The summed E-state index contributed by atoms with van der Waals surface area (Å²) in [5, 5.41) is 9.03. The number of thioether (sulfide) groups is 1. The molecule has 0 spiro atoms. The number of carbonyl (C=O) groups excluding carboxylic acids is 2.